The van der Waals surface area contributed by atoms with Crippen LogP contribution in [0.5, 0.6) is 0 Å². The van der Waals surface area contributed by atoms with Crippen LogP contribution < -0.4 is 0 Å². The average Bonchev–Trinajstić information content (AvgIpc) is 2.92. The lowest BCUT2D eigenvalue weighted by molar-refractivity contribution is 0.103. The van der Waals surface area contributed by atoms with Gasteiger partial charge in [0, 0.05) is 21.9 Å². The van der Waals surface area contributed by atoms with Crippen LogP contribution in [0.15, 0.2) is 109 Å². The largest absolute Gasteiger partial charge is 0.285 e. The molecule has 0 atom stereocenters. The molecule has 2 heterocycles. The average molecular weight is 438 g/mol. The number of hydrogen-bond donors (Lipinski definition) is 0. The molecule has 0 aliphatic heterocycles. The van der Waals surface area contributed by atoms with Crippen molar-refractivity contribution in [2.75, 3.05) is 0 Å². The van der Waals surface area contributed by atoms with Gasteiger partial charge in [0.2, 0.25) is 5.78 Å². The lowest BCUT2D eigenvalue weighted by Gasteiger charge is -2.11. The van der Waals surface area contributed by atoms with Crippen molar-refractivity contribution in [2.24, 2.45) is 0 Å². The first-order valence-electron chi connectivity index (χ1n) is 11.0. The molecule has 0 unspecified atom stereocenters. The summed E-state index contributed by atoms with van der Waals surface area (Å²) >= 11 is 0. The first kappa shape index (κ1) is 19.9. The number of aromatic nitrogens is 4. The number of carbonyl (C=O) groups is 1. The number of rotatable bonds is 4. The maximum atomic E-state index is 14.1. The van der Waals surface area contributed by atoms with E-state index in [0.29, 0.717) is 44.8 Å². The van der Waals surface area contributed by atoms with Crippen molar-refractivity contribution in [2.45, 2.75) is 0 Å². The molecule has 2 aromatic heterocycles. The van der Waals surface area contributed by atoms with Gasteiger partial charge >= 0.3 is 0 Å². The number of ketones is 1. The zero-order valence-corrected chi connectivity index (χ0v) is 18.1. The van der Waals surface area contributed by atoms with Gasteiger partial charge in [-0.1, -0.05) is 97.1 Å². The predicted octanol–water partition coefficient (Wildman–Crippen LogP) is 6.14. The van der Waals surface area contributed by atoms with Crippen LogP contribution >= 0.6 is 0 Å². The van der Waals surface area contributed by atoms with E-state index >= 15 is 0 Å². The molecule has 6 rings (SSSR count). The van der Waals surface area contributed by atoms with Crippen molar-refractivity contribution >= 4 is 27.6 Å². The van der Waals surface area contributed by atoms with Crippen LogP contribution in [0.2, 0.25) is 0 Å². The number of carbonyl (C=O) groups excluding carboxylic acids is 1. The Hall–Kier alpha value is -4.77. The third-order valence-corrected chi connectivity index (χ3v) is 5.70. The van der Waals surface area contributed by atoms with E-state index in [1.54, 1.807) is 0 Å². The highest BCUT2D eigenvalue weighted by molar-refractivity contribution is 6.18. The fraction of sp³-hybridized carbons (Fsp3) is 0. The monoisotopic (exact) mass is 438 g/mol. The summed E-state index contributed by atoms with van der Waals surface area (Å²) < 4.78 is 0. The molecule has 0 saturated carbocycles. The van der Waals surface area contributed by atoms with Crippen molar-refractivity contribution < 1.29 is 4.79 Å². The van der Waals surface area contributed by atoms with Crippen LogP contribution in [0, 0.1) is 0 Å². The Morgan fingerprint density at radius 3 is 1.26 bits per heavy atom. The Labute approximate surface area is 195 Å². The number of benzene rings is 4. The van der Waals surface area contributed by atoms with Gasteiger partial charge < -0.3 is 0 Å². The van der Waals surface area contributed by atoms with Crippen LogP contribution in [0.25, 0.3) is 44.6 Å². The Morgan fingerprint density at radius 2 is 0.824 bits per heavy atom. The highest BCUT2D eigenvalue weighted by Crippen LogP contribution is 2.27. The smallest absolute Gasteiger partial charge is 0.231 e. The first-order chi connectivity index (χ1) is 16.8. The van der Waals surface area contributed by atoms with E-state index in [-0.39, 0.29) is 5.78 Å². The molecule has 0 amide bonds. The van der Waals surface area contributed by atoms with Crippen LogP contribution in [-0.2, 0) is 0 Å². The van der Waals surface area contributed by atoms with E-state index in [1.165, 1.54) is 0 Å². The van der Waals surface area contributed by atoms with Gasteiger partial charge in [0.25, 0.3) is 0 Å². The van der Waals surface area contributed by atoms with Gasteiger partial charge in [0.05, 0.1) is 11.0 Å². The zero-order chi connectivity index (χ0) is 22.9. The maximum absolute atomic E-state index is 14.1. The second-order valence-corrected chi connectivity index (χ2v) is 7.89. The van der Waals surface area contributed by atoms with E-state index < -0.39 is 0 Å². The van der Waals surface area contributed by atoms with Gasteiger partial charge in [-0.25, -0.2) is 19.9 Å². The quantitative estimate of drug-likeness (QED) is 0.309. The molecule has 4 aromatic carbocycles. The molecular formula is C29H18N4O. The molecular weight excluding hydrogens is 420 g/mol. The summed E-state index contributed by atoms with van der Waals surface area (Å²) in [5, 5.41) is 1.38. The molecule has 0 aliphatic carbocycles. The predicted molar refractivity (Wildman–Crippen MR) is 133 cm³/mol. The van der Waals surface area contributed by atoms with Gasteiger partial charge in [-0.05, 0) is 12.1 Å². The van der Waals surface area contributed by atoms with Crippen molar-refractivity contribution in [3.8, 4) is 22.8 Å². The molecule has 0 spiro atoms. The second kappa shape index (κ2) is 8.30. The molecule has 5 nitrogen and oxygen atoms in total. The summed E-state index contributed by atoms with van der Waals surface area (Å²) in [6, 6.07) is 34.5. The number of para-hydroxylation sites is 2. The SMILES string of the molecule is O=C(c1nc(-c2ccccc2)nc2ccccc12)c1nc(-c2ccccc2)nc2ccccc12. The van der Waals surface area contributed by atoms with E-state index in [0.717, 1.165) is 11.1 Å². The van der Waals surface area contributed by atoms with Gasteiger partial charge in [-0.3, -0.25) is 4.79 Å². The molecule has 0 radical (unpaired) electrons. The number of hydrogen-bond acceptors (Lipinski definition) is 5. The Morgan fingerprint density at radius 1 is 0.441 bits per heavy atom. The fourth-order valence-electron chi connectivity index (χ4n) is 4.04. The number of fused-ring (bicyclic) bond motifs is 2. The Bertz CT molecular complexity index is 1540. The summed E-state index contributed by atoms with van der Waals surface area (Å²) in [5.41, 5.74) is 3.77. The minimum absolute atomic E-state index is 0.258. The van der Waals surface area contributed by atoms with Crippen molar-refractivity contribution in [1.29, 1.82) is 0 Å². The van der Waals surface area contributed by atoms with E-state index in [4.69, 9.17) is 19.9 Å². The number of nitrogens with zero attached hydrogens (tertiary/aromatic N) is 4. The normalized spacial score (nSPS) is 11.1. The molecule has 34 heavy (non-hydrogen) atoms. The fourth-order valence-corrected chi connectivity index (χ4v) is 4.04. The van der Waals surface area contributed by atoms with E-state index in [2.05, 4.69) is 0 Å². The second-order valence-electron chi connectivity index (χ2n) is 7.89. The van der Waals surface area contributed by atoms with Gasteiger partial charge in [-0.2, -0.15) is 0 Å². The van der Waals surface area contributed by atoms with Gasteiger partial charge in [0.1, 0.15) is 11.4 Å². The maximum Gasteiger partial charge on any atom is 0.231 e. The van der Waals surface area contributed by atoms with Crippen LogP contribution in [0.3, 0.4) is 0 Å². The van der Waals surface area contributed by atoms with Gasteiger partial charge in [0.15, 0.2) is 11.6 Å². The molecule has 0 aliphatic rings. The summed E-state index contributed by atoms with van der Waals surface area (Å²) in [5.74, 6) is 0.750. The highest BCUT2D eigenvalue weighted by Gasteiger charge is 2.22. The molecule has 0 saturated heterocycles. The van der Waals surface area contributed by atoms with Gasteiger partial charge in [-0.15, -0.1) is 0 Å². The summed E-state index contributed by atoms with van der Waals surface area (Å²) in [6.07, 6.45) is 0. The standard InChI is InChI=1S/C29H18N4O/c34-27(25-21-15-7-9-17-23(21)30-28(32-25)19-11-3-1-4-12-19)26-22-16-8-10-18-24(22)31-29(33-26)20-13-5-2-6-14-20/h1-18H. The van der Waals surface area contributed by atoms with E-state index in [1.807, 2.05) is 109 Å². The molecule has 5 heteroatoms. The van der Waals surface area contributed by atoms with Crippen molar-refractivity contribution in [3.63, 3.8) is 0 Å². The van der Waals surface area contributed by atoms with Crippen molar-refractivity contribution in [3.05, 3.63) is 121 Å². The highest BCUT2D eigenvalue weighted by atomic mass is 16.1. The minimum Gasteiger partial charge on any atom is -0.285 e. The summed E-state index contributed by atoms with van der Waals surface area (Å²) in [7, 11) is 0. The summed E-state index contributed by atoms with van der Waals surface area (Å²) in [4.78, 5) is 33.0. The zero-order valence-electron chi connectivity index (χ0n) is 18.1. The molecule has 6 aromatic rings. The molecule has 0 fully saturated rings. The third kappa shape index (κ3) is 3.49. The lowest BCUT2D eigenvalue weighted by Crippen LogP contribution is -2.11. The molecule has 0 N–H and O–H groups in total. The van der Waals surface area contributed by atoms with E-state index in [9.17, 15) is 4.79 Å². The third-order valence-electron chi connectivity index (χ3n) is 5.70. The van der Waals surface area contributed by atoms with Crippen LogP contribution in [-0.4, -0.2) is 25.7 Å². The van der Waals surface area contributed by atoms with Crippen LogP contribution in [0.1, 0.15) is 16.2 Å². The summed E-state index contributed by atoms with van der Waals surface area (Å²) in [6.45, 7) is 0. The van der Waals surface area contributed by atoms with Crippen LogP contribution in [0.4, 0.5) is 0 Å². The van der Waals surface area contributed by atoms with Crippen molar-refractivity contribution in [1.82, 2.24) is 19.9 Å². The lowest BCUT2D eigenvalue weighted by atomic mass is 10.0. The molecule has 0 bridgehead atoms. The first-order valence-corrected chi connectivity index (χ1v) is 11.0. The Kier molecular flexibility index (Phi) is 4.85. The Balaban J connectivity index is 1.60. The minimum atomic E-state index is -0.258. The topological polar surface area (TPSA) is 68.6 Å². The molecule has 160 valence electrons.